The molecule has 0 unspecified atom stereocenters. The number of carbonyl (C=O) groups excluding carboxylic acids is 1. The van der Waals surface area contributed by atoms with Crippen molar-refractivity contribution in [3.05, 3.63) is 71.0 Å². The summed E-state index contributed by atoms with van der Waals surface area (Å²) in [6.07, 6.45) is 10.5. The standard InChI is InChI=1S/C25H33FN8O2.H2/c1-33(2)9-7-17-10-18(16-4-5-16)14-34-15-19(31-24(17)34)11-28-12-21(32-27)25(35)30-13-20-23(26)22(36-3)6-8-29-20;/h6,8,10,12,14-16,28,32H,4-5,7,9,11,13,27H2,1-3H3,(H,30,35);1H/b21-12-;. The molecular weight excluding hydrogens is 463 g/mol. The molecule has 0 aliphatic heterocycles. The highest BCUT2D eigenvalue weighted by molar-refractivity contribution is 5.92. The van der Waals surface area contributed by atoms with Crippen LogP contribution < -0.4 is 26.6 Å². The smallest absolute Gasteiger partial charge is 0.270 e. The number of imidazole rings is 1. The summed E-state index contributed by atoms with van der Waals surface area (Å²) in [7, 11) is 5.50. The second-order valence-corrected chi connectivity index (χ2v) is 9.13. The zero-order chi connectivity index (χ0) is 25.7. The van der Waals surface area contributed by atoms with Crippen molar-refractivity contribution in [1.29, 1.82) is 0 Å². The Labute approximate surface area is 211 Å². The highest BCUT2D eigenvalue weighted by Gasteiger charge is 2.25. The Morgan fingerprint density at radius 2 is 2.17 bits per heavy atom. The van der Waals surface area contributed by atoms with Crippen molar-refractivity contribution < 1.29 is 15.3 Å². The van der Waals surface area contributed by atoms with Crippen molar-refractivity contribution in [2.24, 2.45) is 5.84 Å². The molecule has 3 heterocycles. The zero-order valence-corrected chi connectivity index (χ0v) is 20.8. The molecule has 3 aromatic heterocycles. The maximum absolute atomic E-state index is 14.3. The number of pyridine rings is 2. The first-order valence-electron chi connectivity index (χ1n) is 11.9. The Bertz CT molecular complexity index is 1260. The van der Waals surface area contributed by atoms with Crippen LogP contribution in [-0.4, -0.2) is 52.9 Å². The van der Waals surface area contributed by atoms with Gasteiger partial charge in [0.05, 0.1) is 31.6 Å². The van der Waals surface area contributed by atoms with Crippen LogP contribution in [0.1, 0.15) is 42.7 Å². The van der Waals surface area contributed by atoms with E-state index in [1.54, 1.807) is 0 Å². The summed E-state index contributed by atoms with van der Waals surface area (Å²) in [4.78, 5) is 23.4. The molecule has 0 aromatic carbocycles. The first-order chi connectivity index (χ1) is 17.4. The van der Waals surface area contributed by atoms with Gasteiger partial charge in [-0.1, -0.05) is 6.07 Å². The van der Waals surface area contributed by atoms with E-state index >= 15 is 0 Å². The third-order valence-corrected chi connectivity index (χ3v) is 6.07. The molecular formula is C25H35FN8O2. The number of nitrogens with zero attached hydrogens (tertiary/aromatic N) is 4. The molecule has 1 saturated carbocycles. The number of nitrogens with two attached hydrogens (primary N) is 1. The van der Waals surface area contributed by atoms with Gasteiger partial charge < -0.3 is 30.1 Å². The normalized spacial score (nSPS) is 13.8. The fourth-order valence-electron chi connectivity index (χ4n) is 3.93. The Morgan fingerprint density at radius 3 is 2.86 bits per heavy atom. The predicted octanol–water partition coefficient (Wildman–Crippen LogP) is 1.82. The van der Waals surface area contributed by atoms with E-state index in [0.29, 0.717) is 12.5 Å². The molecule has 3 aromatic rings. The first kappa shape index (κ1) is 25.4. The van der Waals surface area contributed by atoms with Gasteiger partial charge in [-0.2, -0.15) is 0 Å². The van der Waals surface area contributed by atoms with Gasteiger partial charge in [-0.3, -0.25) is 15.6 Å². The van der Waals surface area contributed by atoms with Gasteiger partial charge in [0.15, 0.2) is 11.6 Å². The number of nitrogens with one attached hydrogen (secondary N) is 3. The number of aromatic nitrogens is 3. The van der Waals surface area contributed by atoms with Gasteiger partial charge in [0.25, 0.3) is 5.91 Å². The number of halogens is 1. The largest absolute Gasteiger partial charge is 0.494 e. The molecule has 1 aliphatic rings. The van der Waals surface area contributed by atoms with Crippen LogP contribution in [0.4, 0.5) is 4.39 Å². The lowest BCUT2D eigenvalue weighted by molar-refractivity contribution is -0.118. The summed E-state index contributed by atoms with van der Waals surface area (Å²) in [5.41, 5.74) is 6.90. The zero-order valence-electron chi connectivity index (χ0n) is 20.8. The minimum atomic E-state index is -0.619. The number of ether oxygens (including phenoxy) is 1. The monoisotopic (exact) mass is 498 g/mol. The number of rotatable bonds is 12. The minimum Gasteiger partial charge on any atom is -0.494 e. The molecule has 36 heavy (non-hydrogen) atoms. The third-order valence-electron chi connectivity index (χ3n) is 6.07. The van der Waals surface area contributed by atoms with E-state index in [9.17, 15) is 9.18 Å². The van der Waals surface area contributed by atoms with Crippen LogP contribution in [-0.2, 0) is 24.3 Å². The summed E-state index contributed by atoms with van der Waals surface area (Å²) in [6.45, 7) is 1.23. The molecule has 0 atom stereocenters. The van der Waals surface area contributed by atoms with Crippen molar-refractivity contribution >= 4 is 11.6 Å². The van der Waals surface area contributed by atoms with Gasteiger partial charge in [0.1, 0.15) is 11.3 Å². The van der Waals surface area contributed by atoms with Crippen molar-refractivity contribution in [3.63, 3.8) is 0 Å². The predicted molar refractivity (Wildman–Crippen MR) is 136 cm³/mol. The second-order valence-electron chi connectivity index (χ2n) is 9.13. The number of hydrogen-bond donors (Lipinski definition) is 4. The number of methoxy groups -OCH3 is 1. The van der Waals surface area contributed by atoms with Crippen molar-refractivity contribution in [3.8, 4) is 5.75 Å². The Kier molecular flexibility index (Phi) is 8.01. The molecule has 4 rings (SSSR count). The average molecular weight is 499 g/mol. The number of hydrogen-bond acceptors (Lipinski definition) is 8. The molecule has 0 spiro atoms. The lowest BCUT2D eigenvalue weighted by Crippen LogP contribution is -2.36. The van der Waals surface area contributed by atoms with Gasteiger partial charge in [0, 0.05) is 38.8 Å². The van der Waals surface area contributed by atoms with Gasteiger partial charge in [-0.15, -0.1) is 0 Å². The van der Waals surface area contributed by atoms with E-state index in [2.05, 4.69) is 56.7 Å². The number of likely N-dealkylation sites (N-methyl/N-ethyl adjacent to an activating group) is 1. The first-order valence-corrected chi connectivity index (χ1v) is 11.9. The molecule has 0 radical (unpaired) electrons. The fraction of sp³-hybridized carbons (Fsp3) is 0.400. The van der Waals surface area contributed by atoms with E-state index in [0.717, 1.165) is 24.3 Å². The summed E-state index contributed by atoms with van der Waals surface area (Å²) >= 11 is 0. The number of carbonyl (C=O) groups is 1. The molecule has 5 N–H and O–H groups in total. The van der Waals surface area contributed by atoms with Gasteiger partial charge in [0.2, 0.25) is 0 Å². The third kappa shape index (κ3) is 6.10. The maximum Gasteiger partial charge on any atom is 0.270 e. The van der Waals surface area contributed by atoms with E-state index in [1.807, 2.05) is 6.20 Å². The lowest BCUT2D eigenvalue weighted by Gasteiger charge is -2.11. The minimum absolute atomic E-state index is 0. The van der Waals surface area contributed by atoms with Gasteiger partial charge >= 0.3 is 0 Å². The second kappa shape index (κ2) is 11.4. The SMILES string of the molecule is COc1ccnc(CNC(=O)/C(=C/NCc2cn3cc(C4CC4)cc(CCN(C)C)c3n2)NN)c1F.[HH]. The maximum atomic E-state index is 14.3. The quantitative estimate of drug-likeness (QED) is 0.170. The van der Waals surface area contributed by atoms with Crippen molar-refractivity contribution in [1.82, 2.24) is 35.3 Å². The highest BCUT2D eigenvalue weighted by atomic mass is 19.1. The van der Waals surface area contributed by atoms with E-state index < -0.39 is 11.7 Å². The Balaban J connectivity index is 0.00000380. The fourth-order valence-corrected chi connectivity index (χ4v) is 3.93. The molecule has 11 heteroatoms. The Morgan fingerprint density at radius 1 is 1.36 bits per heavy atom. The van der Waals surface area contributed by atoms with Crippen LogP contribution in [0.2, 0.25) is 0 Å². The van der Waals surface area contributed by atoms with Crippen LogP contribution in [0.25, 0.3) is 5.65 Å². The molecule has 0 bridgehead atoms. The van der Waals surface area contributed by atoms with Gasteiger partial charge in [-0.25, -0.2) is 9.37 Å². The van der Waals surface area contributed by atoms with E-state index in [-0.39, 0.29) is 25.1 Å². The lowest BCUT2D eigenvalue weighted by atomic mass is 10.1. The molecule has 10 nitrogen and oxygen atoms in total. The summed E-state index contributed by atoms with van der Waals surface area (Å²) in [5, 5.41) is 5.68. The van der Waals surface area contributed by atoms with Crippen molar-refractivity contribution in [2.45, 2.75) is 38.3 Å². The number of fused-ring (bicyclic) bond motifs is 1. The molecule has 1 amide bonds. The van der Waals surface area contributed by atoms with Crippen LogP contribution >= 0.6 is 0 Å². The number of amides is 1. The summed E-state index contributed by atoms with van der Waals surface area (Å²) in [6, 6.07) is 3.70. The molecule has 1 aliphatic carbocycles. The number of hydrazine groups is 1. The van der Waals surface area contributed by atoms with Crippen molar-refractivity contribution in [2.75, 3.05) is 27.7 Å². The van der Waals surface area contributed by atoms with Crippen LogP contribution in [0.3, 0.4) is 0 Å². The summed E-state index contributed by atoms with van der Waals surface area (Å²) in [5.74, 6) is 5.12. The molecule has 0 saturated heterocycles. The van der Waals surface area contributed by atoms with E-state index in [1.165, 1.54) is 49.5 Å². The summed E-state index contributed by atoms with van der Waals surface area (Å²) < 4.78 is 21.3. The van der Waals surface area contributed by atoms with Crippen LogP contribution in [0.5, 0.6) is 5.75 Å². The highest BCUT2D eigenvalue weighted by Crippen LogP contribution is 2.40. The average Bonchev–Trinajstić information content (AvgIpc) is 3.63. The van der Waals surface area contributed by atoms with Crippen LogP contribution in [0, 0.1) is 5.82 Å². The topological polar surface area (TPSA) is 122 Å². The van der Waals surface area contributed by atoms with E-state index in [4.69, 9.17) is 15.6 Å². The Hall–Kier alpha value is -3.70. The molecule has 1 fully saturated rings. The molecule has 194 valence electrons. The van der Waals surface area contributed by atoms with Crippen LogP contribution in [0.15, 0.2) is 42.6 Å². The van der Waals surface area contributed by atoms with Gasteiger partial charge in [-0.05, 0) is 50.4 Å².